The Bertz CT molecular complexity index is 2350. The molecule has 2 aliphatic rings. The molecule has 0 bridgehead atoms. The van der Waals surface area contributed by atoms with Gasteiger partial charge in [-0.2, -0.15) is 0 Å². The molecule has 0 spiro atoms. The fourth-order valence-corrected chi connectivity index (χ4v) is 7.65. The van der Waals surface area contributed by atoms with E-state index < -0.39 is 5.60 Å². The normalized spacial score (nSPS) is 16.1. The number of hydrogen-bond donors (Lipinski definition) is 0. The molecule has 1 unspecified atom stereocenters. The fourth-order valence-electron chi connectivity index (χ4n) is 7.65. The molecule has 6 aromatic carbocycles. The van der Waals surface area contributed by atoms with Crippen LogP contribution in [0.4, 0.5) is 22.7 Å². The van der Waals surface area contributed by atoms with Gasteiger partial charge in [-0.15, -0.1) is 0 Å². The van der Waals surface area contributed by atoms with Gasteiger partial charge in [-0.05, 0) is 85.5 Å². The maximum absolute atomic E-state index is 12.5. The van der Waals surface area contributed by atoms with Gasteiger partial charge in [0.15, 0.2) is 5.60 Å². The van der Waals surface area contributed by atoms with Crippen LogP contribution in [0.15, 0.2) is 140 Å². The van der Waals surface area contributed by atoms with Gasteiger partial charge in [0.2, 0.25) is 0 Å². The molecule has 1 fully saturated rings. The van der Waals surface area contributed by atoms with Crippen LogP contribution in [0, 0.1) is 0 Å². The van der Waals surface area contributed by atoms with Crippen molar-refractivity contribution >= 4 is 51.5 Å². The van der Waals surface area contributed by atoms with E-state index in [0.29, 0.717) is 32.0 Å². The summed E-state index contributed by atoms with van der Waals surface area (Å²) in [6, 6.07) is 44.8. The number of anilines is 4. The van der Waals surface area contributed by atoms with Gasteiger partial charge in [0.25, 0.3) is 0 Å². The number of fused-ring (bicyclic) bond motifs is 3. The first kappa shape index (κ1) is 36.6. The van der Waals surface area contributed by atoms with E-state index in [1.807, 2.05) is 54.6 Å². The Balaban J connectivity index is 1.19. The lowest BCUT2D eigenvalue weighted by Crippen LogP contribution is -2.37. The van der Waals surface area contributed by atoms with Gasteiger partial charge in [0.1, 0.15) is 5.75 Å². The topological polar surface area (TPSA) is 77.5 Å². The molecule has 0 amide bonds. The Morgan fingerprint density at radius 3 is 1.95 bits per heavy atom. The second-order valence-corrected chi connectivity index (χ2v) is 13.8. The highest BCUT2D eigenvalue weighted by atomic mass is 16.5. The van der Waals surface area contributed by atoms with Crippen LogP contribution < -0.4 is 14.5 Å². The molecule has 1 atom stereocenters. The molecule has 282 valence electrons. The molecule has 0 saturated carbocycles. The van der Waals surface area contributed by atoms with Crippen molar-refractivity contribution in [3.63, 3.8) is 0 Å². The maximum Gasteiger partial charge on any atom is 0.338 e. The first-order valence-corrected chi connectivity index (χ1v) is 19.2. The molecule has 8 nitrogen and oxygen atoms in total. The summed E-state index contributed by atoms with van der Waals surface area (Å²) in [6.45, 7) is 7.26. The summed E-state index contributed by atoms with van der Waals surface area (Å²) in [5.41, 5.74) is 7.26. The number of morpholine rings is 1. The van der Waals surface area contributed by atoms with Crippen molar-refractivity contribution in [3.8, 4) is 5.75 Å². The third-order valence-corrected chi connectivity index (χ3v) is 10.4. The molecule has 6 aromatic rings. The molecule has 1 saturated heterocycles. The highest BCUT2D eigenvalue weighted by molar-refractivity contribution is 6.02. The fraction of sp³-hybridized carbons (Fsp3) is 0.208. The van der Waals surface area contributed by atoms with Gasteiger partial charge in [-0.1, -0.05) is 78.9 Å². The summed E-state index contributed by atoms with van der Waals surface area (Å²) in [6.07, 6.45) is 4.58. The Morgan fingerprint density at radius 1 is 0.696 bits per heavy atom. The first-order chi connectivity index (χ1) is 27.5. The van der Waals surface area contributed by atoms with Crippen molar-refractivity contribution in [1.82, 2.24) is 0 Å². The zero-order chi connectivity index (χ0) is 38.5. The third-order valence-electron chi connectivity index (χ3n) is 10.4. The number of benzene rings is 6. The van der Waals surface area contributed by atoms with Crippen molar-refractivity contribution in [2.24, 2.45) is 0 Å². The maximum atomic E-state index is 12.5. The zero-order valence-electron chi connectivity index (χ0n) is 31.7. The minimum Gasteiger partial charge on any atom is -0.473 e. The molecule has 2 aliphatic heterocycles. The van der Waals surface area contributed by atoms with E-state index in [2.05, 4.69) is 88.7 Å². The Morgan fingerprint density at radius 2 is 1.29 bits per heavy atom. The lowest BCUT2D eigenvalue weighted by atomic mass is 9.83. The highest BCUT2D eigenvalue weighted by Gasteiger charge is 2.38. The van der Waals surface area contributed by atoms with Gasteiger partial charge in [-0.3, -0.25) is 4.79 Å². The van der Waals surface area contributed by atoms with E-state index in [0.717, 1.165) is 69.2 Å². The summed E-state index contributed by atoms with van der Waals surface area (Å²) in [5.74, 6) is 0.199. The SMILES string of the molecule is CCOC(=O)Cc1ccc(N(c2ccc(C(=O)OCC)cc2)c2ccc(C3(c4ccccc4)C=Cc4c(cc(N5CCOCC5)c5ccccc45)O3)cc2)cc1. The van der Waals surface area contributed by atoms with Crippen LogP contribution in [0.3, 0.4) is 0 Å². The van der Waals surface area contributed by atoms with E-state index >= 15 is 0 Å². The number of carbonyl (C=O) groups excluding carboxylic acids is 2. The van der Waals surface area contributed by atoms with Crippen LogP contribution in [0.1, 0.15) is 46.5 Å². The highest BCUT2D eigenvalue weighted by Crippen LogP contribution is 2.47. The number of carbonyl (C=O) groups is 2. The van der Waals surface area contributed by atoms with E-state index in [-0.39, 0.29) is 18.4 Å². The van der Waals surface area contributed by atoms with Crippen molar-refractivity contribution < 1.29 is 28.5 Å². The smallest absolute Gasteiger partial charge is 0.338 e. The monoisotopic (exact) mass is 744 g/mol. The van der Waals surface area contributed by atoms with Crippen LogP contribution in [-0.4, -0.2) is 51.5 Å². The summed E-state index contributed by atoms with van der Waals surface area (Å²) < 4.78 is 23.4. The number of rotatable bonds is 11. The van der Waals surface area contributed by atoms with Gasteiger partial charge < -0.3 is 28.7 Å². The summed E-state index contributed by atoms with van der Waals surface area (Å²) in [5, 5.41) is 2.35. The predicted octanol–water partition coefficient (Wildman–Crippen LogP) is 9.78. The summed E-state index contributed by atoms with van der Waals surface area (Å²) in [7, 11) is 0. The number of esters is 2. The summed E-state index contributed by atoms with van der Waals surface area (Å²) in [4.78, 5) is 29.3. The minimum atomic E-state index is -0.904. The van der Waals surface area contributed by atoms with Crippen molar-refractivity contribution in [3.05, 3.63) is 167 Å². The van der Waals surface area contributed by atoms with Gasteiger partial charge in [0.05, 0.1) is 38.4 Å². The first-order valence-electron chi connectivity index (χ1n) is 19.2. The van der Waals surface area contributed by atoms with Gasteiger partial charge in [0, 0.05) is 64.0 Å². The van der Waals surface area contributed by atoms with Crippen molar-refractivity contribution in [2.75, 3.05) is 49.3 Å². The average Bonchev–Trinajstić information content (AvgIpc) is 3.25. The largest absolute Gasteiger partial charge is 0.473 e. The number of ether oxygens (including phenoxy) is 4. The van der Waals surface area contributed by atoms with Gasteiger partial charge >= 0.3 is 11.9 Å². The molecular weight excluding hydrogens is 701 g/mol. The van der Waals surface area contributed by atoms with E-state index in [9.17, 15) is 9.59 Å². The van der Waals surface area contributed by atoms with E-state index in [1.54, 1.807) is 26.0 Å². The van der Waals surface area contributed by atoms with Crippen LogP contribution in [0.25, 0.3) is 16.8 Å². The lowest BCUT2D eigenvalue weighted by molar-refractivity contribution is -0.142. The van der Waals surface area contributed by atoms with Crippen LogP contribution in [-0.2, 0) is 31.0 Å². The molecule has 0 N–H and O–H groups in total. The van der Waals surface area contributed by atoms with Crippen molar-refractivity contribution in [2.45, 2.75) is 25.9 Å². The standard InChI is InChI=1S/C48H44N2O6/c1-3-54-46(51)32-34-14-20-38(21-15-34)50(39-22-16-35(17-23-39)47(52)55-4-2)40-24-18-37(19-25-40)48(36-10-6-5-7-11-36)27-26-43-41-12-8-9-13-42(41)44(33-45(43)56-48)49-28-30-53-31-29-49/h5-27,33H,3-4,28-32H2,1-2H3. The summed E-state index contributed by atoms with van der Waals surface area (Å²) >= 11 is 0. The molecule has 2 heterocycles. The Labute approximate surface area is 327 Å². The quantitative estimate of drug-likeness (QED) is 0.121. The van der Waals surface area contributed by atoms with Crippen LogP contribution in [0.5, 0.6) is 5.75 Å². The van der Waals surface area contributed by atoms with E-state index in [1.165, 1.54) is 5.39 Å². The second-order valence-electron chi connectivity index (χ2n) is 13.8. The molecule has 56 heavy (non-hydrogen) atoms. The average molecular weight is 745 g/mol. The zero-order valence-corrected chi connectivity index (χ0v) is 31.7. The van der Waals surface area contributed by atoms with Gasteiger partial charge in [-0.25, -0.2) is 4.79 Å². The third kappa shape index (κ3) is 7.23. The van der Waals surface area contributed by atoms with Crippen LogP contribution in [0.2, 0.25) is 0 Å². The minimum absolute atomic E-state index is 0.193. The Kier molecular flexibility index (Phi) is 10.6. The second kappa shape index (κ2) is 16.2. The lowest BCUT2D eigenvalue weighted by Gasteiger charge is -2.38. The Hall–Kier alpha value is -6.38. The van der Waals surface area contributed by atoms with Crippen LogP contribution >= 0.6 is 0 Å². The molecular formula is C48H44N2O6. The number of hydrogen-bond acceptors (Lipinski definition) is 8. The van der Waals surface area contributed by atoms with E-state index in [4.69, 9.17) is 18.9 Å². The molecule has 8 rings (SSSR count). The van der Waals surface area contributed by atoms with Crippen molar-refractivity contribution in [1.29, 1.82) is 0 Å². The molecule has 0 aromatic heterocycles. The molecule has 0 aliphatic carbocycles. The molecule has 0 radical (unpaired) electrons. The number of nitrogens with zero attached hydrogens (tertiary/aromatic N) is 2. The molecule has 8 heteroatoms. The predicted molar refractivity (Wildman–Crippen MR) is 221 cm³/mol.